The smallest absolute Gasteiger partial charge is 0.407 e. The minimum Gasteiger partial charge on any atom is -0.444 e. The largest absolute Gasteiger partial charge is 0.444 e. The van der Waals surface area contributed by atoms with Crippen LogP contribution in [0.1, 0.15) is 69.3 Å². The monoisotopic (exact) mass is 500 g/mol. The molecule has 0 aliphatic heterocycles. The molecule has 1 atom stereocenters. The zero-order chi connectivity index (χ0) is 26.7. The highest BCUT2D eigenvalue weighted by Gasteiger charge is 2.17. The van der Waals surface area contributed by atoms with Crippen molar-refractivity contribution in [2.75, 3.05) is 37.8 Å². The third kappa shape index (κ3) is 10.4. The number of aryl methyl sites for hydroxylation is 1. The molecule has 0 aliphatic carbocycles. The lowest BCUT2D eigenvalue weighted by atomic mass is 10.0. The molecular formula is C27H44N6O3. The van der Waals surface area contributed by atoms with Crippen LogP contribution in [0.5, 0.6) is 0 Å². The quantitative estimate of drug-likeness (QED) is 0.327. The van der Waals surface area contributed by atoms with Gasteiger partial charge in [0.25, 0.3) is 0 Å². The first-order valence-electron chi connectivity index (χ1n) is 12.7. The molecule has 0 fully saturated rings. The van der Waals surface area contributed by atoms with E-state index in [1.165, 1.54) is 5.56 Å². The number of likely N-dealkylation sites (N-methyl/N-ethyl adjacent to an activating group) is 1. The SMILES string of the molecule is CCC[C@@H](CCO)Nc1nc(N)nc(C)c1Cc1ccc(CN(C)CCNC(=O)OC(C)(C)C)cc1. The summed E-state index contributed by atoms with van der Waals surface area (Å²) in [5, 5.41) is 15.7. The lowest BCUT2D eigenvalue weighted by molar-refractivity contribution is 0.0523. The number of carbonyl (C=O) groups excluding carboxylic acids is 1. The van der Waals surface area contributed by atoms with Gasteiger partial charge in [0, 0.05) is 50.0 Å². The van der Waals surface area contributed by atoms with Crippen molar-refractivity contribution in [2.24, 2.45) is 0 Å². The van der Waals surface area contributed by atoms with Crippen molar-refractivity contribution in [3.8, 4) is 0 Å². The van der Waals surface area contributed by atoms with E-state index in [9.17, 15) is 9.90 Å². The van der Waals surface area contributed by atoms with E-state index >= 15 is 0 Å². The van der Waals surface area contributed by atoms with E-state index < -0.39 is 11.7 Å². The zero-order valence-electron chi connectivity index (χ0n) is 22.7. The van der Waals surface area contributed by atoms with E-state index in [-0.39, 0.29) is 18.6 Å². The van der Waals surface area contributed by atoms with Crippen molar-refractivity contribution in [1.29, 1.82) is 0 Å². The molecule has 1 heterocycles. The van der Waals surface area contributed by atoms with Crippen LogP contribution in [-0.2, 0) is 17.7 Å². The van der Waals surface area contributed by atoms with E-state index in [4.69, 9.17) is 10.5 Å². The number of hydrogen-bond donors (Lipinski definition) is 4. The van der Waals surface area contributed by atoms with E-state index in [0.29, 0.717) is 25.9 Å². The second-order valence-corrected chi connectivity index (χ2v) is 10.3. The normalized spacial score (nSPS) is 12.4. The molecule has 0 saturated carbocycles. The zero-order valence-corrected chi connectivity index (χ0v) is 22.7. The summed E-state index contributed by atoms with van der Waals surface area (Å²) in [6.45, 7) is 11.8. The number of nitrogens with zero attached hydrogens (tertiary/aromatic N) is 3. The van der Waals surface area contributed by atoms with Gasteiger partial charge >= 0.3 is 6.09 Å². The average Bonchev–Trinajstić information content (AvgIpc) is 2.76. The number of benzene rings is 1. The number of ether oxygens (including phenoxy) is 1. The average molecular weight is 501 g/mol. The molecule has 200 valence electrons. The maximum atomic E-state index is 11.8. The molecule has 36 heavy (non-hydrogen) atoms. The Balaban J connectivity index is 1.98. The summed E-state index contributed by atoms with van der Waals surface area (Å²) in [6, 6.07) is 8.63. The van der Waals surface area contributed by atoms with Gasteiger partial charge in [-0.2, -0.15) is 4.98 Å². The Morgan fingerprint density at radius 3 is 2.44 bits per heavy atom. The van der Waals surface area contributed by atoms with Crippen molar-refractivity contribution in [1.82, 2.24) is 20.2 Å². The first kappa shape index (κ1) is 29.3. The molecule has 0 bridgehead atoms. The highest BCUT2D eigenvalue weighted by atomic mass is 16.6. The van der Waals surface area contributed by atoms with Crippen LogP contribution in [0.15, 0.2) is 24.3 Å². The Kier molecular flexibility index (Phi) is 11.4. The summed E-state index contributed by atoms with van der Waals surface area (Å²) in [6.07, 6.45) is 2.90. The van der Waals surface area contributed by atoms with Crippen LogP contribution in [0.25, 0.3) is 0 Å². The summed E-state index contributed by atoms with van der Waals surface area (Å²) < 4.78 is 5.27. The Labute approximate surface area is 215 Å². The van der Waals surface area contributed by atoms with Gasteiger partial charge in [0.15, 0.2) is 0 Å². The molecule has 0 unspecified atom stereocenters. The van der Waals surface area contributed by atoms with Gasteiger partial charge in [-0.3, -0.25) is 0 Å². The van der Waals surface area contributed by atoms with Crippen molar-refractivity contribution in [3.05, 3.63) is 46.6 Å². The maximum Gasteiger partial charge on any atom is 0.407 e. The van der Waals surface area contributed by atoms with Crippen LogP contribution in [0.3, 0.4) is 0 Å². The van der Waals surface area contributed by atoms with E-state index in [1.807, 2.05) is 34.7 Å². The summed E-state index contributed by atoms with van der Waals surface area (Å²) in [4.78, 5) is 22.8. The molecule has 2 aromatic rings. The number of nitrogens with one attached hydrogen (secondary N) is 2. The van der Waals surface area contributed by atoms with Crippen molar-refractivity contribution >= 4 is 17.9 Å². The number of aliphatic hydroxyl groups excluding tert-OH is 1. The number of aliphatic hydroxyl groups is 1. The number of hydrogen-bond acceptors (Lipinski definition) is 8. The number of carbonyl (C=O) groups is 1. The highest BCUT2D eigenvalue weighted by Crippen LogP contribution is 2.23. The molecule has 9 nitrogen and oxygen atoms in total. The third-order valence-corrected chi connectivity index (χ3v) is 5.70. The van der Waals surface area contributed by atoms with E-state index in [1.54, 1.807) is 0 Å². The predicted molar refractivity (Wildman–Crippen MR) is 145 cm³/mol. The van der Waals surface area contributed by atoms with Crippen molar-refractivity contribution < 1.29 is 14.6 Å². The third-order valence-electron chi connectivity index (χ3n) is 5.70. The minimum absolute atomic E-state index is 0.125. The molecule has 0 aliphatic rings. The van der Waals surface area contributed by atoms with Gasteiger partial charge in [0.05, 0.1) is 0 Å². The number of aromatic nitrogens is 2. The lowest BCUT2D eigenvalue weighted by Gasteiger charge is -2.21. The Hall–Kier alpha value is -2.91. The molecule has 1 aromatic carbocycles. The number of rotatable bonds is 13. The van der Waals surface area contributed by atoms with Crippen LogP contribution >= 0.6 is 0 Å². The van der Waals surface area contributed by atoms with Gasteiger partial charge in [-0.15, -0.1) is 0 Å². The van der Waals surface area contributed by atoms with E-state index in [0.717, 1.165) is 42.0 Å². The number of amides is 1. The molecule has 1 aromatic heterocycles. The van der Waals surface area contributed by atoms with Crippen LogP contribution in [0, 0.1) is 6.92 Å². The molecule has 0 radical (unpaired) electrons. The lowest BCUT2D eigenvalue weighted by Crippen LogP contribution is -2.36. The first-order chi connectivity index (χ1) is 17.0. The Morgan fingerprint density at radius 2 is 1.83 bits per heavy atom. The Morgan fingerprint density at radius 1 is 1.17 bits per heavy atom. The number of alkyl carbamates (subject to hydrolysis) is 1. The molecule has 0 spiro atoms. The molecule has 2 rings (SSSR count). The number of nitrogens with two attached hydrogens (primary N) is 1. The van der Waals surface area contributed by atoms with E-state index in [2.05, 4.69) is 56.7 Å². The molecule has 9 heteroatoms. The fourth-order valence-electron chi connectivity index (χ4n) is 3.96. The summed E-state index contributed by atoms with van der Waals surface area (Å²) in [5.74, 6) is 0.991. The van der Waals surface area contributed by atoms with Crippen LogP contribution in [0.4, 0.5) is 16.6 Å². The summed E-state index contributed by atoms with van der Waals surface area (Å²) in [5.41, 5.74) is 9.66. The van der Waals surface area contributed by atoms with Crippen LogP contribution in [-0.4, -0.2) is 64.5 Å². The van der Waals surface area contributed by atoms with Crippen LogP contribution in [0.2, 0.25) is 0 Å². The van der Waals surface area contributed by atoms with Crippen LogP contribution < -0.4 is 16.4 Å². The fourth-order valence-corrected chi connectivity index (χ4v) is 3.96. The molecule has 5 N–H and O–H groups in total. The standard InChI is InChI=1S/C27H44N6O3/c1-7-8-22(13-16-34)31-24-23(19(2)30-25(28)32-24)17-20-9-11-21(12-10-20)18-33(6)15-14-29-26(35)36-27(3,4)5/h9-12,22,34H,7-8,13-18H2,1-6H3,(H,29,35)(H3,28,30,31,32)/t22-/m0/s1. The summed E-state index contributed by atoms with van der Waals surface area (Å²) >= 11 is 0. The first-order valence-corrected chi connectivity index (χ1v) is 12.7. The van der Waals surface area contributed by atoms with Gasteiger partial charge in [-0.05, 0) is 58.7 Å². The molecular weight excluding hydrogens is 456 g/mol. The van der Waals surface area contributed by atoms with Gasteiger partial charge in [0.1, 0.15) is 11.4 Å². The van der Waals surface area contributed by atoms with Gasteiger partial charge in [0.2, 0.25) is 5.95 Å². The predicted octanol–water partition coefficient (Wildman–Crippen LogP) is 3.88. The Bertz CT molecular complexity index is 953. The highest BCUT2D eigenvalue weighted by molar-refractivity contribution is 5.67. The number of anilines is 2. The van der Waals surface area contributed by atoms with Gasteiger partial charge in [-0.1, -0.05) is 37.6 Å². The van der Waals surface area contributed by atoms with Gasteiger partial charge in [-0.25, -0.2) is 9.78 Å². The second kappa shape index (κ2) is 14.0. The fraction of sp³-hybridized carbons (Fsp3) is 0.593. The summed E-state index contributed by atoms with van der Waals surface area (Å²) in [7, 11) is 2.02. The second-order valence-electron chi connectivity index (χ2n) is 10.3. The molecule has 1 amide bonds. The van der Waals surface area contributed by atoms with Gasteiger partial charge < -0.3 is 31.1 Å². The maximum absolute atomic E-state index is 11.8. The van der Waals surface area contributed by atoms with Crippen molar-refractivity contribution in [3.63, 3.8) is 0 Å². The topological polar surface area (TPSA) is 126 Å². The molecule has 0 saturated heterocycles. The number of nitrogen functional groups attached to an aromatic ring is 1. The van der Waals surface area contributed by atoms with Crippen molar-refractivity contribution in [2.45, 2.75) is 78.5 Å². The minimum atomic E-state index is -0.498.